The summed E-state index contributed by atoms with van der Waals surface area (Å²) in [5.41, 5.74) is 10.6. The predicted molar refractivity (Wildman–Crippen MR) is 89.3 cm³/mol. The number of rotatable bonds is 4. The van der Waals surface area contributed by atoms with Crippen molar-refractivity contribution in [3.8, 4) is 0 Å². The van der Waals surface area contributed by atoms with Gasteiger partial charge in [-0.3, -0.25) is 0 Å². The molecule has 0 unspecified atom stereocenters. The number of nitrogens with two attached hydrogens (primary N) is 1. The van der Waals surface area contributed by atoms with Crippen molar-refractivity contribution in [3.63, 3.8) is 0 Å². The van der Waals surface area contributed by atoms with Crippen LogP contribution in [0.2, 0.25) is 5.02 Å². The highest BCUT2D eigenvalue weighted by Crippen LogP contribution is 2.41. The van der Waals surface area contributed by atoms with Crippen LogP contribution >= 0.6 is 11.6 Å². The zero-order chi connectivity index (χ0) is 14.9. The van der Waals surface area contributed by atoms with Crippen molar-refractivity contribution in [1.82, 2.24) is 0 Å². The Labute approximate surface area is 127 Å². The van der Waals surface area contributed by atoms with Crippen molar-refractivity contribution >= 4 is 22.9 Å². The number of hydrogen-bond donors (Lipinski definition) is 1. The number of anilines is 1. The molecule has 2 rings (SSSR count). The van der Waals surface area contributed by atoms with E-state index in [4.69, 9.17) is 17.3 Å². The topological polar surface area (TPSA) is 29.3 Å². The first-order chi connectivity index (χ1) is 9.40. The molecule has 0 amide bonds. The van der Waals surface area contributed by atoms with Gasteiger partial charge >= 0.3 is 0 Å². The van der Waals surface area contributed by atoms with Crippen LogP contribution in [0.5, 0.6) is 0 Å². The molecule has 0 bridgehead atoms. The summed E-state index contributed by atoms with van der Waals surface area (Å²) in [6, 6.07) is 4.24. The Morgan fingerprint density at radius 3 is 2.60 bits per heavy atom. The van der Waals surface area contributed by atoms with Crippen LogP contribution in [-0.4, -0.2) is 12.1 Å². The number of hydrogen-bond acceptors (Lipinski definition) is 2. The molecule has 1 aromatic carbocycles. The number of fused-ring (bicyclic) bond motifs is 1. The quantitative estimate of drug-likeness (QED) is 0.879. The van der Waals surface area contributed by atoms with E-state index in [1.54, 1.807) is 0 Å². The Morgan fingerprint density at radius 2 is 2.00 bits per heavy atom. The van der Waals surface area contributed by atoms with E-state index < -0.39 is 0 Å². The predicted octanol–water partition coefficient (Wildman–Crippen LogP) is 4.60. The van der Waals surface area contributed by atoms with Crippen LogP contribution in [0.1, 0.15) is 51.7 Å². The van der Waals surface area contributed by atoms with E-state index in [0.717, 1.165) is 17.1 Å². The van der Waals surface area contributed by atoms with E-state index in [1.807, 2.05) is 0 Å². The van der Waals surface area contributed by atoms with Gasteiger partial charge in [-0.1, -0.05) is 31.0 Å². The van der Waals surface area contributed by atoms with Gasteiger partial charge in [-0.05, 0) is 50.5 Å². The molecular weight excluding hydrogens is 268 g/mol. The number of allylic oxidation sites excluding steroid dienone is 1. The second-order valence-electron chi connectivity index (χ2n) is 6.15. The number of benzene rings is 1. The molecule has 1 aliphatic rings. The third-order valence-corrected chi connectivity index (χ3v) is 4.45. The van der Waals surface area contributed by atoms with E-state index >= 15 is 0 Å². The summed E-state index contributed by atoms with van der Waals surface area (Å²) in [5.74, 6) is 0. The molecule has 2 nitrogen and oxygen atoms in total. The molecule has 0 aliphatic carbocycles. The normalized spacial score (nSPS) is 16.9. The summed E-state index contributed by atoms with van der Waals surface area (Å²) in [5, 5.41) is 0.776. The molecule has 1 heterocycles. The van der Waals surface area contributed by atoms with Crippen LogP contribution < -0.4 is 10.6 Å². The van der Waals surface area contributed by atoms with E-state index in [0.29, 0.717) is 6.54 Å². The highest BCUT2D eigenvalue weighted by atomic mass is 35.5. The van der Waals surface area contributed by atoms with E-state index in [9.17, 15) is 0 Å². The van der Waals surface area contributed by atoms with Gasteiger partial charge in [0.25, 0.3) is 0 Å². The van der Waals surface area contributed by atoms with Gasteiger partial charge in [0.05, 0.1) is 5.54 Å². The summed E-state index contributed by atoms with van der Waals surface area (Å²) in [4.78, 5) is 2.46. The Morgan fingerprint density at radius 1 is 1.30 bits per heavy atom. The molecule has 0 spiro atoms. The van der Waals surface area contributed by atoms with Gasteiger partial charge in [0.1, 0.15) is 0 Å². The molecule has 20 heavy (non-hydrogen) atoms. The van der Waals surface area contributed by atoms with Gasteiger partial charge < -0.3 is 10.6 Å². The lowest BCUT2D eigenvalue weighted by molar-refractivity contribution is 0.540. The van der Waals surface area contributed by atoms with Gasteiger partial charge in [0.15, 0.2) is 0 Å². The van der Waals surface area contributed by atoms with Gasteiger partial charge in [0.2, 0.25) is 0 Å². The van der Waals surface area contributed by atoms with Crippen molar-refractivity contribution < 1.29 is 0 Å². The first kappa shape index (κ1) is 15.4. The zero-order valence-corrected chi connectivity index (χ0v) is 13.7. The number of halogens is 1. The lowest BCUT2D eigenvalue weighted by Gasteiger charge is -2.43. The average molecular weight is 293 g/mol. The van der Waals surface area contributed by atoms with Crippen molar-refractivity contribution in [2.24, 2.45) is 5.73 Å². The maximum atomic E-state index is 6.38. The van der Waals surface area contributed by atoms with Crippen LogP contribution in [0.15, 0.2) is 18.2 Å². The summed E-state index contributed by atoms with van der Waals surface area (Å²) in [6.07, 6.45) is 4.73. The molecule has 0 fully saturated rings. The molecular formula is C17H25ClN2. The van der Waals surface area contributed by atoms with Gasteiger partial charge in [-0.25, -0.2) is 0 Å². The minimum absolute atomic E-state index is 0.0276. The van der Waals surface area contributed by atoms with Gasteiger partial charge in [0, 0.05) is 29.4 Å². The van der Waals surface area contributed by atoms with Crippen LogP contribution in [0.4, 0.5) is 5.69 Å². The highest BCUT2D eigenvalue weighted by molar-refractivity contribution is 6.31. The molecule has 110 valence electrons. The van der Waals surface area contributed by atoms with E-state index in [1.165, 1.54) is 29.7 Å². The van der Waals surface area contributed by atoms with E-state index in [-0.39, 0.29) is 5.54 Å². The highest BCUT2D eigenvalue weighted by Gasteiger charge is 2.31. The summed E-state index contributed by atoms with van der Waals surface area (Å²) in [7, 11) is 0. The van der Waals surface area contributed by atoms with Gasteiger partial charge in [-0.2, -0.15) is 0 Å². The molecule has 0 saturated carbocycles. The van der Waals surface area contributed by atoms with Crippen molar-refractivity contribution in [3.05, 3.63) is 34.4 Å². The van der Waals surface area contributed by atoms with Gasteiger partial charge in [-0.15, -0.1) is 0 Å². The van der Waals surface area contributed by atoms with E-state index in [2.05, 4.69) is 50.8 Å². The largest absolute Gasteiger partial charge is 0.362 e. The molecule has 2 N–H and O–H groups in total. The second kappa shape index (κ2) is 5.79. The van der Waals surface area contributed by atoms with Crippen LogP contribution in [0.25, 0.3) is 5.57 Å². The number of unbranched alkanes of at least 4 members (excludes halogenated alkanes) is 1. The first-order valence-corrected chi connectivity index (χ1v) is 7.78. The Kier molecular flexibility index (Phi) is 4.46. The van der Waals surface area contributed by atoms with Crippen LogP contribution in [0.3, 0.4) is 0 Å². The summed E-state index contributed by atoms with van der Waals surface area (Å²) < 4.78 is 0. The van der Waals surface area contributed by atoms with Crippen molar-refractivity contribution in [2.45, 2.75) is 52.6 Å². The van der Waals surface area contributed by atoms with Crippen LogP contribution in [-0.2, 0) is 6.54 Å². The SMILES string of the molecule is CCCCN1c2cc(Cl)c(CN)cc2C(C)=CC1(C)C. The number of nitrogens with zero attached hydrogens (tertiary/aromatic N) is 1. The fraction of sp³-hybridized carbons (Fsp3) is 0.529. The molecule has 3 heteroatoms. The standard InChI is InChI=1S/C17H25ClN2/c1-5-6-7-20-16-9-15(18)13(11-19)8-14(16)12(2)10-17(20,3)4/h8-10H,5-7,11,19H2,1-4H3. The third-order valence-electron chi connectivity index (χ3n) is 4.10. The summed E-state index contributed by atoms with van der Waals surface area (Å²) in [6.45, 7) is 10.5. The maximum Gasteiger partial charge on any atom is 0.0534 e. The fourth-order valence-corrected chi connectivity index (χ4v) is 3.26. The maximum absolute atomic E-state index is 6.38. The summed E-state index contributed by atoms with van der Waals surface area (Å²) >= 11 is 6.38. The molecule has 1 aliphatic heterocycles. The molecule has 0 saturated heterocycles. The Bertz CT molecular complexity index is 532. The molecule has 0 radical (unpaired) electrons. The lowest BCUT2D eigenvalue weighted by Crippen LogP contribution is -2.45. The minimum atomic E-state index is 0.0276. The minimum Gasteiger partial charge on any atom is -0.362 e. The second-order valence-corrected chi connectivity index (χ2v) is 6.56. The van der Waals surface area contributed by atoms with Crippen LogP contribution in [0, 0.1) is 0 Å². The Balaban J connectivity index is 2.54. The first-order valence-electron chi connectivity index (χ1n) is 7.40. The molecule has 0 atom stereocenters. The van der Waals surface area contributed by atoms with Crippen molar-refractivity contribution in [1.29, 1.82) is 0 Å². The third kappa shape index (κ3) is 2.72. The lowest BCUT2D eigenvalue weighted by atomic mass is 9.87. The van der Waals surface area contributed by atoms with Crippen molar-refractivity contribution in [2.75, 3.05) is 11.4 Å². The monoisotopic (exact) mass is 292 g/mol. The molecule has 1 aromatic rings. The fourth-order valence-electron chi connectivity index (χ4n) is 3.02. The average Bonchev–Trinajstić information content (AvgIpc) is 2.37. The Hall–Kier alpha value is -0.990. The zero-order valence-electron chi connectivity index (χ0n) is 13.0. The smallest absolute Gasteiger partial charge is 0.0534 e. The molecule has 0 aromatic heterocycles.